The Hall–Kier alpha value is -3.49. The minimum Gasteiger partial charge on any atom is -0.497 e. The number of nitrogens with one attached hydrogen (secondary N) is 2. The zero-order valence-corrected chi connectivity index (χ0v) is 16.2. The SMILES string of the molecule is CCOC(=O)Nc1cc2c(c(N)n1)N=C(CN(C)c1ccc(OC)cc1)CN2. The largest absolute Gasteiger partial charge is 0.497 e. The summed E-state index contributed by atoms with van der Waals surface area (Å²) in [6, 6.07) is 9.51. The van der Waals surface area contributed by atoms with Gasteiger partial charge in [0.25, 0.3) is 0 Å². The van der Waals surface area contributed by atoms with Crippen molar-refractivity contribution >= 4 is 40.5 Å². The summed E-state index contributed by atoms with van der Waals surface area (Å²) in [4.78, 5) is 22.5. The molecule has 9 heteroatoms. The van der Waals surface area contributed by atoms with Crippen LogP contribution in [0.1, 0.15) is 6.92 Å². The van der Waals surface area contributed by atoms with Gasteiger partial charge in [-0.2, -0.15) is 0 Å². The summed E-state index contributed by atoms with van der Waals surface area (Å²) >= 11 is 0. The highest BCUT2D eigenvalue weighted by Gasteiger charge is 2.18. The quantitative estimate of drug-likeness (QED) is 0.701. The molecule has 1 aromatic carbocycles. The number of pyridine rings is 1. The second-order valence-electron chi connectivity index (χ2n) is 6.22. The van der Waals surface area contributed by atoms with Crippen molar-refractivity contribution in [3.8, 4) is 5.75 Å². The number of hydrogen-bond donors (Lipinski definition) is 3. The second-order valence-corrected chi connectivity index (χ2v) is 6.22. The van der Waals surface area contributed by atoms with Crippen LogP contribution in [0.4, 0.5) is 33.5 Å². The molecule has 0 aliphatic carbocycles. The van der Waals surface area contributed by atoms with Crippen molar-refractivity contribution in [3.63, 3.8) is 0 Å². The summed E-state index contributed by atoms with van der Waals surface area (Å²) in [5, 5.41) is 5.83. The molecule has 9 nitrogen and oxygen atoms in total. The summed E-state index contributed by atoms with van der Waals surface area (Å²) in [6.07, 6.45) is -0.574. The molecule has 0 saturated carbocycles. The van der Waals surface area contributed by atoms with Gasteiger partial charge in [-0.15, -0.1) is 0 Å². The van der Waals surface area contributed by atoms with E-state index >= 15 is 0 Å². The molecule has 4 N–H and O–H groups in total. The van der Waals surface area contributed by atoms with Crippen LogP contribution in [-0.2, 0) is 4.74 Å². The minimum absolute atomic E-state index is 0.237. The van der Waals surface area contributed by atoms with E-state index in [4.69, 9.17) is 15.2 Å². The van der Waals surface area contributed by atoms with Gasteiger partial charge >= 0.3 is 6.09 Å². The number of ether oxygens (including phenoxy) is 2. The van der Waals surface area contributed by atoms with Gasteiger partial charge in [-0.1, -0.05) is 0 Å². The Kier molecular flexibility index (Phi) is 5.83. The fourth-order valence-corrected chi connectivity index (χ4v) is 2.83. The molecular formula is C19H24N6O3. The number of amides is 1. The van der Waals surface area contributed by atoms with E-state index in [0.29, 0.717) is 24.6 Å². The van der Waals surface area contributed by atoms with Crippen LogP contribution in [0.25, 0.3) is 0 Å². The number of rotatable bonds is 6. The average molecular weight is 384 g/mol. The number of aromatic nitrogens is 1. The lowest BCUT2D eigenvalue weighted by Gasteiger charge is -2.24. The fourth-order valence-electron chi connectivity index (χ4n) is 2.83. The topological polar surface area (TPSA) is 114 Å². The highest BCUT2D eigenvalue weighted by atomic mass is 16.5. The van der Waals surface area contributed by atoms with Crippen LogP contribution >= 0.6 is 0 Å². The lowest BCUT2D eigenvalue weighted by molar-refractivity contribution is 0.168. The van der Waals surface area contributed by atoms with Gasteiger partial charge < -0.3 is 25.4 Å². The molecule has 0 unspecified atom stereocenters. The molecule has 0 bridgehead atoms. The molecule has 2 aromatic rings. The number of nitrogens with zero attached hydrogens (tertiary/aromatic N) is 3. The molecular weight excluding hydrogens is 360 g/mol. The Morgan fingerprint density at radius 1 is 1.36 bits per heavy atom. The third-order valence-electron chi connectivity index (χ3n) is 4.21. The van der Waals surface area contributed by atoms with Gasteiger partial charge in [0, 0.05) is 18.8 Å². The van der Waals surface area contributed by atoms with Gasteiger partial charge in [0.1, 0.15) is 17.3 Å². The first-order valence-corrected chi connectivity index (χ1v) is 8.90. The van der Waals surface area contributed by atoms with E-state index < -0.39 is 6.09 Å². The molecule has 0 spiro atoms. The standard InChI is InChI=1S/C19H24N6O3/c1-4-28-19(26)24-16-9-15-17(18(20)23-16)22-12(10-21-15)11-25(2)13-5-7-14(27-3)8-6-13/h5-9,21H,4,10-11H2,1-3H3,(H3,20,23,24,26). The molecule has 1 aromatic heterocycles. The number of carbonyl (C=O) groups is 1. The van der Waals surface area contributed by atoms with E-state index in [1.807, 2.05) is 31.3 Å². The zero-order valence-electron chi connectivity index (χ0n) is 16.2. The molecule has 148 valence electrons. The number of anilines is 4. The van der Waals surface area contributed by atoms with Crippen LogP contribution in [0, 0.1) is 0 Å². The minimum atomic E-state index is -0.574. The monoisotopic (exact) mass is 384 g/mol. The lowest BCUT2D eigenvalue weighted by atomic mass is 10.2. The molecule has 0 atom stereocenters. The molecule has 1 aliphatic heterocycles. The van der Waals surface area contributed by atoms with Crippen molar-refractivity contribution in [2.45, 2.75) is 6.92 Å². The number of nitrogen functional groups attached to an aromatic ring is 1. The molecule has 1 aliphatic rings. The predicted molar refractivity (Wildman–Crippen MR) is 111 cm³/mol. The first kappa shape index (κ1) is 19.3. The summed E-state index contributed by atoms with van der Waals surface area (Å²) in [6.45, 7) is 3.20. The maximum Gasteiger partial charge on any atom is 0.412 e. The van der Waals surface area contributed by atoms with E-state index in [0.717, 1.165) is 22.8 Å². The number of benzene rings is 1. The summed E-state index contributed by atoms with van der Waals surface area (Å²) < 4.78 is 10.0. The maximum absolute atomic E-state index is 11.6. The van der Waals surface area contributed by atoms with E-state index in [-0.39, 0.29) is 12.4 Å². The van der Waals surface area contributed by atoms with Crippen molar-refractivity contribution in [3.05, 3.63) is 30.3 Å². The van der Waals surface area contributed by atoms with E-state index in [1.54, 1.807) is 20.1 Å². The normalized spacial score (nSPS) is 12.3. The van der Waals surface area contributed by atoms with Crippen molar-refractivity contribution < 1.29 is 14.3 Å². The summed E-state index contributed by atoms with van der Waals surface area (Å²) in [5.41, 5.74) is 9.31. The smallest absolute Gasteiger partial charge is 0.412 e. The highest BCUT2D eigenvalue weighted by molar-refractivity contribution is 6.00. The zero-order chi connectivity index (χ0) is 20.1. The van der Waals surface area contributed by atoms with Gasteiger partial charge in [0.15, 0.2) is 5.82 Å². The molecule has 0 saturated heterocycles. The Bertz CT molecular complexity index is 882. The number of nitrogens with two attached hydrogens (primary N) is 1. The Morgan fingerprint density at radius 2 is 2.11 bits per heavy atom. The second kappa shape index (κ2) is 8.47. The van der Waals surface area contributed by atoms with E-state index in [2.05, 4.69) is 25.5 Å². The van der Waals surface area contributed by atoms with Crippen LogP contribution in [0.5, 0.6) is 5.75 Å². The molecule has 0 radical (unpaired) electrons. The molecule has 3 rings (SSSR count). The van der Waals surface area contributed by atoms with Crippen molar-refractivity contribution in [2.24, 2.45) is 4.99 Å². The van der Waals surface area contributed by atoms with Crippen molar-refractivity contribution in [1.82, 2.24) is 4.98 Å². The molecule has 2 heterocycles. The molecule has 0 fully saturated rings. The number of carbonyl (C=O) groups excluding carboxylic acids is 1. The van der Waals surface area contributed by atoms with Gasteiger partial charge in [-0.3, -0.25) is 5.32 Å². The van der Waals surface area contributed by atoms with E-state index in [9.17, 15) is 4.79 Å². The first-order valence-electron chi connectivity index (χ1n) is 8.90. The van der Waals surface area contributed by atoms with Crippen molar-refractivity contribution in [2.75, 3.05) is 55.1 Å². The predicted octanol–water partition coefficient (Wildman–Crippen LogP) is 2.88. The third-order valence-corrected chi connectivity index (χ3v) is 4.21. The van der Waals surface area contributed by atoms with Crippen LogP contribution < -0.4 is 26.0 Å². The summed E-state index contributed by atoms with van der Waals surface area (Å²) in [5.74, 6) is 1.37. The third kappa shape index (κ3) is 4.43. The molecule has 28 heavy (non-hydrogen) atoms. The van der Waals surface area contributed by atoms with Crippen LogP contribution in [0.2, 0.25) is 0 Å². The van der Waals surface area contributed by atoms with Crippen LogP contribution in [-0.4, -0.2) is 50.6 Å². The number of aliphatic imine (C=N–C) groups is 1. The van der Waals surface area contributed by atoms with Crippen LogP contribution in [0.3, 0.4) is 0 Å². The summed E-state index contributed by atoms with van der Waals surface area (Å²) in [7, 11) is 3.64. The van der Waals surface area contributed by atoms with Gasteiger partial charge in [-0.05, 0) is 31.2 Å². The van der Waals surface area contributed by atoms with Gasteiger partial charge in [0.2, 0.25) is 0 Å². The highest BCUT2D eigenvalue weighted by Crippen LogP contribution is 2.35. The van der Waals surface area contributed by atoms with Gasteiger partial charge in [-0.25, -0.2) is 14.8 Å². The molecule has 1 amide bonds. The average Bonchev–Trinajstić information content (AvgIpc) is 2.68. The Balaban J connectivity index is 1.73. The Labute approximate surface area is 163 Å². The Morgan fingerprint density at radius 3 is 2.79 bits per heavy atom. The van der Waals surface area contributed by atoms with Crippen molar-refractivity contribution in [1.29, 1.82) is 0 Å². The first-order chi connectivity index (χ1) is 13.5. The van der Waals surface area contributed by atoms with Crippen LogP contribution in [0.15, 0.2) is 35.3 Å². The van der Waals surface area contributed by atoms with E-state index in [1.165, 1.54) is 0 Å². The number of hydrogen-bond acceptors (Lipinski definition) is 8. The number of fused-ring (bicyclic) bond motifs is 1. The fraction of sp³-hybridized carbons (Fsp3) is 0.316. The lowest BCUT2D eigenvalue weighted by Crippen LogP contribution is -2.31. The number of methoxy groups -OCH3 is 1. The van der Waals surface area contributed by atoms with Gasteiger partial charge in [0.05, 0.1) is 38.2 Å². The maximum atomic E-state index is 11.6.